The van der Waals surface area contributed by atoms with E-state index in [1.165, 1.54) is 0 Å². The first-order valence-corrected chi connectivity index (χ1v) is 13.1. The summed E-state index contributed by atoms with van der Waals surface area (Å²) in [6, 6.07) is 5.55. The highest BCUT2D eigenvalue weighted by molar-refractivity contribution is 5.99. The summed E-state index contributed by atoms with van der Waals surface area (Å²) in [5, 5.41) is 11.4. The molecule has 0 saturated carbocycles. The molecule has 0 aliphatic carbocycles. The van der Waals surface area contributed by atoms with Gasteiger partial charge in [0.05, 0.1) is 0 Å². The molecular weight excluding hydrogens is 456 g/mol. The Hall–Kier alpha value is -2.90. The molecule has 0 heterocycles. The Morgan fingerprint density at radius 2 is 0.861 bits per heavy atom. The van der Waals surface area contributed by atoms with E-state index in [9.17, 15) is 19.2 Å². The summed E-state index contributed by atoms with van der Waals surface area (Å²) in [7, 11) is 0. The van der Waals surface area contributed by atoms with Crippen molar-refractivity contribution in [3.05, 3.63) is 24.3 Å². The number of hydrogen-bond donors (Lipinski definition) is 4. The first kappa shape index (κ1) is 31.1. The van der Waals surface area contributed by atoms with Crippen LogP contribution >= 0.6 is 0 Å². The lowest BCUT2D eigenvalue weighted by Gasteiger charge is -2.21. The summed E-state index contributed by atoms with van der Waals surface area (Å²) < 4.78 is 0. The van der Waals surface area contributed by atoms with E-state index >= 15 is 0 Å². The topological polar surface area (TPSA) is 116 Å². The summed E-state index contributed by atoms with van der Waals surface area (Å²) >= 11 is 0. The number of amides is 4. The number of rotatable bonds is 14. The average Bonchev–Trinajstić information content (AvgIpc) is 2.72. The van der Waals surface area contributed by atoms with Crippen LogP contribution in [0.1, 0.15) is 81.1 Å². The minimum Gasteiger partial charge on any atom is -0.344 e. The highest BCUT2D eigenvalue weighted by Gasteiger charge is 2.24. The maximum absolute atomic E-state index is 12.9. The molecule has 202 valence electrons. The van der Waals surface area contributed by atoms with Gasteiger partial charge in [-0.2, -0.15) is 0 Å². The zero-order valence-electron chi connectivity index (χ0n) is 23.2. The van der Waals surface area contributed by atoms with E-state index < -0.39 is 12.1 Å². The van der Waals surface area contributed by atoms with E-state index in [1.54, 1.807) is 24.3 Å². The fourth-order valence-corrected chi connectivity index (χ4v) is 3.75. The van der Waals surface area contributed by atoms with E-state index in [-0.39, 0.29) is 47.3 Å². The van der Waals surface area contributed by atoms with Crippen molar-refractivity contribution in [2.24, 2.45) is 23.7 Å². The highest BCUT2D eigenvalue weighted by atomic mass is 16.2. The molecule has 4 N–H and O–H groups in total. The molecule has 0 aromatic heterocycles. The Kier molecular flexibility index (Phi) is 13.2. The molecule has 8 heteroatoms. The smallest absolute Gasteiger partial charge is 0.246 e. The van der Waals surface area contributed by atoms with Crippen molar-refractivity contribution in [2.75, 3.05) is 10.6 Å². The van der Waals surface area contributed by atoms with Gasteiger partial charge in [-0.1, -0.05) is 55.4 Å². The second kappa shape index (κ2) is 15.3. The van der Waals surface area contributed by atoms with Crippen LogP contribution in [-0.2, 0) is 19.2 Å². The molecule has 0 unspecified atom stereocenters. The van der Waals surface area contributed by atoms with Gasteiger partial charge in [0.2, 0.25) is 23.6 Å². The largest absolute Gasteiger partial charge is 0.344 e. The van der Waals surface area contributed by atoms with Crippen molar-refractivity contribution in [3.8, 4) is 0 Å². The first-order valence-electron chi connectivity index (χ1n) is 13.1. The minimum atomic E-state index is -0.623. The van der Waals surface area contributed by atoms with Gasteiger partial charge in [-0.25, -0.2) is 0 Å². The van der Waals surface area contributed by atoms with Gasteiger partial charge >= 0.3 is 0 Å². The van der Waals surface area contributed by atoms with Crippen LogP contribution in [0.3, 0.4) is 0 Å². The van der Waals surface area contributed by atoms with Crippen LogP contribution in [0.2, 0.25) is 0 Å². The number of carbonyl (C=O) groups excluding carboxylic acids is 4. The van der Waals surface area contributed by atoms with Crippen LogP contribution in [0.4, 0.5) is 11.4 Å². The third kappa shape index (κ3) is 12.7. The lowest BCUT2D eigenvalue weighted by molar-refractivity contribution is -0.127. The first-order chi connectivity index (χ1) is 16.8. The van der Waals surface area contributed by atoms with Crippen molar-refractivity contribution >= 4 is 35.0 Å². The van der Waals surface area contributed by atoms with E-state index in [4.69, 9.17) is 0 Å². The van der Waals surface area contributed by atoms with E-state index in [2.05, 4.69) is 21.3 Å². The van der Waals surface area contributed by atoms with Crippen molar-refractivity contribution in [1.82, 2.24) is 10.6 Å². The van der Waals surface area contributed by atoms with Crippen LogP contribution in [0.25, 0.3) is 0 Å². The van der Waals surface area contributed by atoms with E-state index in [0.717, 1.165) is 0 Å². The summed E-state index contributed by atoms with van der Waals surface area (Å²) in [6.07, 6.45) is 1.80. The van der Waals surface area contributed by atoms with E-state index in [1.807, 2.05) is 55.4 Å². The number of nitrogens with one attached hydrogen (secondary N) is 4. The third-order valence-electron chi connectivity index (χ3n) is 5.32. The summed E-state index contributed by atoms with van der Waals surface area (Å²) in [6.45, 7) is 15.9. The second-order valence-electron chi connectivity index (χ2n) is 11.3. The SMILES string of the molecule is CC(C)CC(=O)N[C@@H](CC(C)C)C(=O)Nc1ccc(NC(=O)[C@H](CC(C)C)NC(=O)CC(C)C)cc1. The lowest BCUT2D eigenvalue weighted by Crippen LogP contribution is -2.45. The maximum atomic E-state index is 12.9. The standard InChI is InChI=1S/C28H46N4O4/c1-17(2)13-23(31-25(33)15-19(5)6)27(35)29-21-9-11-22(12-10-21)30-28(36)24(14-18(3)4)32-26(34)16-20(7)8/h9-12,17-20,23-24H,13-16H2,1-8H3,(H,29,35)(H,30,36)(H,31,33)(H,32,34)/t23-,24-/m0/s1. The van der Waals surface area contributed by atoms with Gasteiger partial charge in [-0.3, -0.25) is 19.2 Å². The van der Waals surface area contributed by atoms with E-state index in [0.29, 0.717) is 37.1 Å². The van der Waals surface area contributed by atoms with Crippen LogP contribution in [0, 0.1) is 23.7 Å². The number of anilines is 2. The summed E-state index contributed by atoms with van der Waals surface area (Å²) in [4.78, 5) is 50.2. The zero-order chi connectivity index (χ0) is 27.4. The molecule has 4 amide bonds. The van der Waals surface area contributed by atoms with Gasteiger partial charge < -0.3 is 21.3 Å². The molecule has 1 rings (SSSR count). The second-order valence-corrected chi connectivity index (χ2v) is 11.3. The van der Waals surface area contributed by atoms with Crippen molar-refractivity contribution in [1.29, 1.82) is 0 Å². The molecule has 0 spiro atoms. The van der Waals surface area contributed by atoms with Crippen molar-refractivity contribution in [2.45, 2.75) is 93.2 Å². The molecule has 0 aliphatic heterocycles. The number of carbonyl (C=O) groups is 4. The number of benzene rings is 1. The molecule has 8 nitrogen and oxygen atoms in total. The summed E-state index contributed by atoms with van der Waals surface area (Å²) in [5.74, 6) is 0.0545. The van der Waals surface area contributed by atoms with Crippen molar-refractivity contribution in [3.63, 3.8) is 0 Å². The molecule has 0 aliphatic rings. The number of hydrogen-bond acceptors (Lipinski definition) is 4. The fraction of sp³-hybridized carbons (Fsp3) is 0.643. The van der Waals surface area contributed by atoms with Gasteiger partial charge in [0.15, 0.2) is 0 Å². The average molecular weight is 503 g/mol. The maximum Gasteiger partial charge on any atom is 0.246 e. The zero-order valence-corrected chi connectivity index (χ0v) is 23.2. The van der Waals surface area contributed by atoms with Crippen LogP contribution in [0.5, 0.6) is 0 Å². The predicted molar refractivity (Wildman–Crippen MR) is 145 cm³/mol. The van der Waals surface area contributed by atoms with Crippen molar-refractivity contribution < 1.29 is 19.2 Å². The molecular formula is C28H46N4O4. The quantitative estimate of drug-likeness (QED) is 0.295. The molecule has 0 radical (unpaired) electrons. The molecule has 36 heavy (non-hydrogen) atoms. The Morgan fingerprint density at radius 3 is 1.11 bits per heavy atom. The minimum absolute atomic E-state index is 0.139. The molecule has 0 fully saturated rings. The fourth-order valence-electron chi connectivity index (χ4n) is 3.75. The Bertz CT molecular complexity index is 792. The van der Waals surface area contributed by atoms with Crippen LogP contribution < -0.4 is 21.3 Å². The van der Waals surface area contributed by atoms with Crippen LogP contribution in [-0.4, -0.2) is 35.7 Å². The van der Waals surface area contributed by atoms with Gasteiger partial charge in [-0.05, 0) is 60.8 Å². The van der Waals surface area contributed by atoms with Gasteiger partial charge in [-0.15, -0.1) is 0 Å². The summed E-state index contributed by atoms with van der Waals surface area (Å²) in [5.41, 5.74) is 1.13. The predicted octanol–water partition coefficient (Wildman–Crippen LogP) is 4.72. The highest BCUT2D eigenvalue weighted by Crippen LogP contribution is 2.17. The molecule has 0 saturated heterocycles. The van der Waals surface area contributed by atoms with Gasteiger partial charge in [0, 0.05) is 24.2 Å². The molecule has 0 bridgehead atoms. The van der Waals surface area contributed by atoms with Gasteiger partial charge in [0.1, 0.15) is 12.1 Å². The van der Waals surface area contributed by atoms with Crippen LogP contribution in [0.15, 0.2) is 24.3 Å². The third-order valence-corrected chi connectivity index (χ3v) is 5.32. The normalized spacial score (nSPS) is 13.0. The monoisotopic (exact) mass is 502 g/mol. The Labute approximate surface area is 216 Å². The molecule has 1 aromatic rings. The molecule has 1 aromatic carbocycles. The Morgan fingerprint density at radius 1 is 0.556 bits per heavy atom. The molecule has 2 atom stereocenters. The lowest BCUT2D eigenvalue weighted by atomic mass is 10.0. The Balaban J connectivity index is 2.82. The van der Waals surface area contributed by atoms with Gasteiger partial charge in [0.25, 0.3) is 0 Å².